The van der Waals surface area contributed by atoms with Crippen LogP contribution in [0, 0.1) is 5.41 Å². The molecule has 0 saturated carbocycles. The Labute approximate surface area is 105 Å². The third-order valence-corrected chi connectivity index (χ3v) is 3.94. The van der Waals surface area contributed by atoms with E-state index in [-0.39, 0.29) is 5.91 Å². The second kappa shape index (κ2) is 6.97. The zero-order chi connectivity index (χ0) is 12.7. The van der Waals surface area contributed by atoms with Crippen molar-refractivity contribution >= 4 is 5.91 Å². The number of rotatable bonds is 6. The summed E-state index contributed by atoms with van der Waals surface area (Å²) in [5, 5.41) is 3.10. The van der Waals surface area contributed by atoms with Crippen molar-refractivity contribution < 1.29 is 9.53 Å². The Bertz CT molecular complexity index is 236. The summed E-state index contributed by atoms with van der Waals surface area (Å²) < 4.78 is 4.92. The second-order valence-corrected chi connectivity index (χ2v) is 5.21. The zero-order valence-corrected chi connectivity index (χ0v) is 11.4. The van der Waals surface area contributed by atoms with E-state index in [1.54, 1.807) is 7.11 Å². The topological polar surface area (TPSA) is 41.6 Å². The number of carbonyl (C=O) groups is 1. The number of methoxy groups -OCH3 is 1. The Morgan fingerprint density at radius 3 is 2.59 bits per heavy atom. The van der Waals surface area contributed by atoms with Crippen LogP contribution in [0.2, 0.25) is 0 Å². The Balaban J connectivity index is 2.22. The minimum Gasteiger partial charge on any atom is -0.383 e. The molecule has 0 aromatic heterocycles. The Morgan fingerprint density at radius 1 is 1.41 bits per heavy atom. The second-order valence-electron chi connectivity index (χ2n) is 5.21. The van der Waals surface area contributed by atoms with Gasteiger partial charge in [0, 0.05) is 26.7 Å². The van der Waals surface area contributed by atoms with E-state index in [0.717, 1.165) is 32.5 Å². The Morgan fingerprint density at radius 2 is 2.06 bits per heavy atom. The Hall–Kier alpha value is -0.610. The number of hydrogen-bond acceptors (Lipinski definition) is 3. The molecule has 1 heterocycles. The van der Waals surface area contributed by atoms with Gasteiger partial charge in [-0.05, 0) is 18.3 Å². The molecule has 4 nitrogen and oxygen atoms in total. The van der Waals surface area contributed by atoms with Crippen molar-refractivity contribution in [2.45, 2.75) is 33.1 Å². The van der Waals surface area contributed by atoms with Crippen molar-refractivity contribution in [3.8, 4) is 0 Å². The summed E-state index contributed by atoms with van der Waals surface area (Å²) in [6, 6.07) is 0. The number of likely N-dealkylation sites (tertiary alicyclic amines) is 1. The van der Waals surface area contributed by atoms with Crippen LogP contribution in [-0.2, 0) is 9.53 Å². The molecule has 0 aromatic carbocycles. The molecular weight excluding hydrogens is 216 g/mol. The van der Waals surface area contributed by atoms with Gasteiger partial charge >= 0.3 is 0 Å². The van der Waals surface area contributed by atoms with Gasteiger partial charge in [0.15, 0.2) is 0 Å². The van der Waals surface area contributed by atoms with E-state index in [0.29, 0.717) is 18.6 Å². The minimum atomic E-state index is 0.222. The lowest BCUT2D eigenvalue weighted by Gasteiger charge is -2.39. The quantitative estimate of drug-likeness (QED) is 0.713. The van der Waals surface area contributed by atoms with Gasteiger partial charge in [0.1, 0.15) is 0 Å². The van der Waals surface area contributed by atoms with Crippen molar-refractivity contribution in [2.75, 3.05) is 39.9 Å². The van der Waals surface area contributed by atoms with Crippen LogP contribution in [0.15, 0.2) is 0 Å². The molecule has 1 amide bonds. The summed E-state index contributed by atoms with van der Waals surface area (Å²) in [6.07, 6.45) is 3.47. The van der Waals surface area contributed by atoms with Crippen molar-refractivity contribution in [1.82, 2.24) is 10.2 Å². The molecule has 1 aliphatic rings. The number of piperidine rings is 1. The molecule has 1 saturated heterocycles. The highest BCUT2D eigenvalue weighted by atomic mass is 16.5. The molecule has 1 fully saturated rings. The van der Waals surface area contributed by atoms with Crippen LogP contribution >= 0.6 is 0 Å². The van der Waals surface area contributed by atoms with Crippen LogP contribution in [0.4, 0.5) is 0 Å². The average molecular weight is 242 g/mol. The lowest BCUT2D eigenvalue weighted by molar-refractivity contribution is -0.132. The van der Waals surface area contributed by atoms with Crippen LogP contribution in [0.5, 0.6) is 0 Å². The molecule has 0 spiro atoms. The molecule has 100 valence electrons. The van der Waals surface area contributed by atoms with Crippen LogP contribution in [0.25, 0.3) is 0 Å². The summed E-state index contributed by atoms with van der Waals surface area (Å²) in [5.74, 6) is 0.222. The van der Waals surface area contributed by atoms with Crippen molar-refractivity contribution in [1.29, 1.82) is 0 Å². The van der Waals surface area contributed by atoms with Gasteiger partial charge in [0.25, 0.3) is 0 Å². The largest absolute Gasteiger partial charge is 0.383 e. The highest BCUT2D eigenvalue weighted by Crippen LogP contribution is 2.33. The van der Waals surface area contributed by atoms with Crippen molar-refractivity contribution in [3.05, 3.63) is 0 Å². The summed E-state index contributed by atoms with van der Waals surface area (Å²) in [5.41, 5.74) is 0.445. The molecule has 1 N–H and O–H groups in total. The molecule has 0 unspecified atom stereocenters. The first-order chi connectivity index (χ1) is 8.11. The minimum absolute atomic E-state index is 0.222. The SMILES string of the molecule is CCC1(C)CCN(C(=O)CNCCOC)CC1. The van der Waals surface area contributed by atoms with Gasteiger partial charge in [-0.3, -0.25) is 4.79 Å². The van der Waals surface area contributed by atoms with E-state index in [1.807, 2.05) is 4.90 Å². The first kappa shape index (κ1) is 14.5. The summed E-state index contributed by atoms with van der Waals surface area (Å²) in [7, 11) is 1.67. The lowest BCUT2D eigenvalue weighted by atomic mass is 9.78. The van der Waals surface area contributed by atoms with E-state index in [1.165, 1.54) is 6.42 Å². The van der Waals surface area contributed by atoms with Crippen LogP contribution in [0.3, 0.4) is 0 Å². The third kappa shape index (κ3) is 4.64. The van der Waals surface area contributed by atoms with E-state index in [4.69, 9.17) is 4.74 Å². The van der Waals surface area contributed by atoms with Crippen molar-refractivity contribution in [2.24, 2.45) is 5.41 Å². The molecule has 1 rings (SSSR count). The molecule has 0 aliphatic carbocycles. The Kier molecular flexibility index (Phi) is 5.92. The number of carbonyl (C=O) groups excluding carboxylic acids is 1. The van der Waals surface area contributed by atoms with Gasteiger partial charge in [-0.1, -0.05) is 20.3 Å². The smallest absolute Gasteiger partial charge is 0.236 e. The molecule has 17 heavy (non-hydrogen) atoms. The van der Waals surface area contributed by atoms with Crippen LogP contribution in [-0.4, -0.2) is 50.7 Å². The molecule has 0 radical (unpaired) electrons. The molecule has 4 heteroatoms. The van der Waals surface area contributed by atoms with E-state index >= 15 is 0 Å². The van der Waals surface area contributed by atoms with Crippen molar-refractivity contribution in [3.63, 3.8) is 0 Å². The predicted molar refractivity (Wildman–Crippen MR) is 69.0 cm³/mol. The number of ether oxygens (including phenoxy) is 1. The fourth-order valence-electron chi connectivity index (χ4n) is 2.13. The fraction of sp³-hybridized carbons (Fsp3) is 0.923. The first-order valence-electron chi connectivity index (χ1n) is 6.59. The van der Waals surface area contributed by atoms with Gasteiger partial charge in [0.05, 0.1) is 13.2 Å². The maximum absolute atomic E-state index is 11.9. The number of nitrogens with one attached hydrogen (secondary N) is 1. The number of nitrogens with zero attached hydrogens (tertiary/aromatic N) is 1. The highest BCUT2D eigenvalue weighted by Gasteiger charge is 2.29. The van der Waals surface area contributed by atoms with E-state index in [2.05, 4.69) is 19.2 Å². The van der Waals surface area contributed by atoms with Gasteiger partial charge < -0.3 is 15.0 Å². The molecular formula is C13H26N2O2. The molecule has 0 bridgehead atoms. The van der Waals surface area contributed by atoms with E-state index in [9.17, 15) is 4.79 Å². The number of amides is 1. The first-order valence-corrected chi connectivity index (χ1v) is 6.59. The summed E-state index contributed by atoms with van der Waals surface area (Å²) >= 11 is 0. The maximum atomic E-state index is 11.9. The maximum Gasteiger partial charge on any atom is 0.236 e. The monoisotopic (exact) mass is 242 g/mol. The fourth-order valence-corrected chi connectivity index (χ4v) is 2.13. The van der Waals surface area contributed by atoms with Gasteiger partial charge in [-0.15, -0.1) is 0 Å². The highest BCUT2D eigenvalue weighted by molar-refractivity contribution is 5.78. The predicted octanol–water partition coefficient (Wildman–Crippen LogP) is 1.26. The average Bonchev–Trinajstić information content (AvgIpc) is 2.35. The zero-order valence-electron chi connectivity index (χ0n) is 11.4. The molecule has 1 aliphatic heterocycles. The molecule has 0 aromatic rings. The van der Waals surface area contributed by atoms with Crippen LogP contribution in [0.1, 0.15) is 33.1 Å². The van der Waals surface area contributed by atoms with Gasteiger partial charge in [-0.2, -0.15) is 0 Å². The summed E-state index contributed by atoms with van der Waals surface area (Å²) in [6.45, 7) is 8.22. The van der Waals surface area contributed by atoms with Crippen LogP contribution < -0.4 is 5.32 Å². The third-order valence-electron chi connectivity index (χ3n) is 3.94. The summed E-state index contributed by atoms with van der Waals surface area (Å²) in [4.78, 5) is 13.9. The standard InChI is InChI=1S/C13H26N2O2/c1-4-13(2)5-8-15(9-6-13)12(16)11-14-7-10-17-3/h14H,4-11H2,1-3H3. The van der Waals surface area contributed by atoms with Gasteiger partial charge in [-0.25, -0.2) is 0 Å². The molecule has 0 atom stereocenters. The van der Waals surface area contributed by atoms with E-state index < -0.39 is 0 Å². The number of hydrogen-bond donors (Lipinski definition) is 1. The lowest BCUT2D eigenvalue weighted by Crippen LogP contribution is -2.45. The normalized spacial score (nSPS) is 19.4. The van der Waals surface area contributed by atoms with Gasteiger partial charge in [0.2, 0.25) is 5.91 Å².